The van der Waals surface area contributed by atoms with Crippen molar-refractivity contribution in [2.75, 3.05) is 5.32 Å². The first-order valence-electron chi connectivity index (χ1n) is 8.84. The van der Waals surface area contributed by atoms with Crippen LogP contribution in [0.4, 0.5) is 5.82 Å². The predicted molar refractivity (Wildman–Crippen MR) is 102 cm³/mol. The second-order valence-corrected chi connectivity index (χ2v) is 6.65. The van der Waals surface area contributed by atoms with Gasteiger partial charge >= 0.3 is 5.97 Å². The van der Waals surface area contributed by atoms with E-state index in [9.17, 15) is 9.90 Å². The number of allylic oxidation sites excluding steroid dienone is 1. The number of aryl methyl sites for hydroxylation is 1. The fraction of sp³-hybridized carbons (Fsp3) is 0.238. The van der Waals surface area contributed by atoms with E-state index in [-0.39, 0.29) is 5.92 Å². The molecule has 0 spiro atoms. The lowest BCUT2D eigenvalue weighted by Crippen LogP contribution is -2.24. The van der Waals surface area contributed by atoms with E-state index in [1.807, 2.05) is 31.3 Å². The Kier molecular flexibility index (Phi) is 3.99. The minimum atomic E-state index is -0.881. The molecular formula is C21H21N3O2. The summed E-state index contributed by atoms with van der Waals surface area (Å²) in [6.07, 6.45) is 3.34. The van der Waals surface area contributed by atoms with Crippen LogP contribution in [0.1, 0.15) is 36.8 Å². The van der Waals surface area contributed by atoms with Crippen LogP contribution in [-0.4, -0.2) is 20.9 Å². The predicted octanol–water partition coefficient (Wildman–Crippen LogP) is 4.27. The van der Waals surface area contributed by atoms with Gasteiger partial charge in [-0.3, -0.25) is 4.68 Å². The van der Waals surface area contributed by atoms with Crippen molar-refractivity contribution >= 4 is 22.6 Å². The zero-order chi connectivity index (χ0) is 18.3. The Balaban J connectivity index is 2.03. The quantitative estimate of drug-likeness (QED) is 0.740. The van der Waals surface area contributed by atoms with Crippen LogP contribution < -0.4 is 5.32 Å². The molecule has 0 fully saturated rings. The van der Waals surface area contributed by atoms with Gasteiger partial charge in [0.1, 0.15) is 5.82 Å². The monoisotopic (exact) mass is 347 g/mol. The molecule has 5 nitrogen and oxygen atoms in total. The smallest absolute Gasteiger partial charge is 0.334 e. The summed E-state index contributed by atoms with van der Waals surface area (Å²) in [6, 6.07) is 14.2. The van der Waals surface area contributed by atoms with E-state index < -0.39 is 5.97 Å². The zero-order valence-electron chi connectivity index (χ0n) is 14.9. The number of aromatic nitrogens is 2. The van der Waals surface area contributed by atoms with Crippen LogP contribution in [0.3, 0.4) is 0 Å². The van der Waals surface area contributed by atoms with Crippen LogP contribution >= 0.6 is 0 Å². The Morgan fingerprint density at radius 1 is 1.19 bits per heavy atom. The summed E-state index contributed by atoms with van der Waals surface area (Å²) in [6.45, 7) is 2.06. The second-order valence-electron chi connectivity index (χ2n) is 6.65. The fourth-order valence-corrected chi connectivity index (χ4v) is 3.88. The molecular weight excluding hydrogens is 326 g/mol. The molecule has 0 saturated carbocycles. The van der Waals surface area contributed by atoms with Crippen LogP contribution in [0.2, 0.25) is 0 Å². The SMILES string of the molecule is CCCC1=C(C(=O)O)C(c2cccc3ccccc23)c2cnn(C)c2N1. The van der Waals surface area contributed by atoms with E-state index >= 15 is 0 Å². The highest BCUT2D eigenvalue weighted by Crippen LogP contribution is 2.44. The second kappa shape index (κ2) is 6.33. The molecule has 0 radical (unpaired) electrons. The summed E-state index contributed by atoms with van der Waals surface area (Å²) in [5.74, 6) is -0.352. The van der Waals surface area contributed by atoms with Gasteiger partial charge in [0.15, 0.2) is 0 Å². The number of carboxylic acid groups (broad SMARTS) is 1. The van der Waals surface area contributed by atoms with Gasteiger partial charge in [-0.2, -0.15) is 5.10 Å². The Bertz CT molecular complexity index is 1030. The Morgan fingerprint density at radius 2 is 1.96 bits per heavy atom. The maximum atomic E-state index is 12.3. The van der Waals surface area contributed by atoms with Gasteiger partial charge in [0.25, 0.3) is 0 Å². The van der Waals surface area contributed by atoms with Crippen LogP contribution in [0.25, 0.3) is 10.8 Å². The average Bonchev–Trinajstić information content (AvgIpc) is 3.01. The van der Waals surface area contributed by atoms with Crippen molar-refractivity contribution in [2.45, 2.75) is 25.7 Å². The van der Waals surface area contributed by atoms with E-state index in [4.69, 9.17) is 0 Å². The molecule has 1 aliphatic heterocycles. The average molecular weight is 347 g/mol. The molecule has 0 amide bonds. The van der Waals surface area contributed by atoms with Gasteiger partial charge in [0, 0.05) is 24.2 Å². The minimum absolute atomic E-state index is 0.343. The van der Waals surface area contributed by atoms with E-state index in [1.54, 1.807) is 10.9 Å². The summed E-state index contributed by atoms with van der Waals surface area (Å²) in [5, 5.41) is 19.9. The first-order chi connectivity index (χ1) is 12.6. The van der Waals surface area contributed by atoms with E-state index in [1.165, 1.54) is 0 Å². The maximum Gasteiger partial charge on any atom is 0.334 e. The third-order valence-corrected chi connectivity index (χ3v) is 5.03. The first-order valence-corrected chi connectivity index (χ1v) is 8.84. The molecule has 5 heteroatoms. The Labute approximate surface area is 152 Å². The Hall–Kier alpha value is -3.08. The summed E-state index contributed by atoms with van der Waals surface area (Å²) < 4.78 is 1.78. The van der Waals surface area contributed by atoms with Crippen molar-refractivity contribution in [3.63, 3.8) is 0 Å². The molecule has 2 N–H and O–H groups in total. The van der Waals surface area contributed by atoms with Gasteiger partial charge in [-0.05, 0) is 22.8 Å². The number of rotatable bonds is 4. The fourth-order valence-electron chi connectivity index (χ4n) is 3.88. The third kappa shape index (κ3) is 2.47. The van der Waals surface area contributed by atoms with Gasteiger partial charge < -0.3 is 10.4 Å². The third-order valence-electron chi connectivity index (χ3n) is 5.03. The standard InChI is InChI=1S/C21H21N3O2/c1-3-7-17-19(21(25)26)18(16-12-22-24(2)20(16)23-17)15-11-6-9-13-8-4-5-10-14(13)15/h4-6,8-12,18,23H,3,7H2,1-2H3,(H,25,26). The van der Waals surface area contributed by atoms with E-state index in [2.05, 4.69) is 35.5 Å². The molecule has 2 heterocycles. The lowest BCUT2D eigenvalue weighted by molar-refractivity contribution is -0.133. The molecule has 4 rings (SSSR count). The normalized spacial score (nSPS) is 16.5. The van der Waals surface area contributed by atoms with Crippen molar-refractivity contribution in [1.82, 2.24) is 9.78 Å². The van der Waals surface area contributed by atoms with Crippen molar-refractivity contribution in [3.05, 3.63) is 71.1 Å². The molecule has 1 atom stereocenters. The molecule has 1 aliphatic rings. The number of carbonyl (C=O) groups is 1. The van der Waals surface area contributed by atoms with Crippen LogP contribution in [0, 0.1) is 0 Å². The number of hydrogen-bond acceptors (Lipinski definition) is 3. The number of nitrogens with zero attached hydrogens (tertiary/aromatic N) is 2. The summed E-state index contributed by atoms with van der Waals surface area (Å²) in [4.78, 5) is 12.3. The molecule has 0 bridgehead atoms. The number of anilines is 1. The first kappa shape index (κ1) is 16.4. The number of carboxylic acids is 1. The molecule has 1 unspecified atom stereocenters. The largest absolute Gasteiger partial charge is 0.478 e. The number of benzene rings is 2. The van der Waals surface area contributed by atoms with E-state index in [0.717, 1.165) is 39.8 Å². The summed E-state index contributed by atoms with van der Waals surface area (Å²) >= 11 is 0. The molecule has 26 heavy (non-hydrogen) atoms. The maximum absolute atomic E-state index is 12.3. The number of fused-ring (bicyclic) bond motifs is 2. The topological polar surface area (TPSA) is 67.1 Å². The van der Waals surface area contributed by atoms with Crippen LogP contribution in [-0.2, 0) is 11.8 Å². The highest BCUT2D eigenvalue weighted by molar-refractivity contribution is 5.96. The Morgan fingerprint density at radius 3 is 2.73 bits per heavy atom. The van der Waals surface area contributed by atoms with Crippen molar-refractivity contribution < 1.29 is 9.90 Å². The molecule has 0 aliphatic carbocycles. The van der Waals surface area contributed by atoms with Gasteiger partial charge in [-0.15, -0.1) is 0 Å². The van der Waals surface area contributed by atoms with Gasteiger partial charge in [-0.1, -0.05) is 55.8 Å². The number of aliphatic carboxylic acids is 1. The van der Waals surface area contributed by atoms with Crippen molar-refractivity contribution in [1.29, 1.82) is 0 Å². The highest BCUT2D eigenvalue weighted by atomic mass is 16.4. The van der Waals surface area contributed by atoms with Crippen molar-refractivity contribution in [2.24, 2.45) is 7.05 Å². The summed E-state index contributed by atoms with van der Waals surface area (Å²) in [7, 11) is 1.88. The summed E-state index contributed by atoms with van der Waals surface area (Å²) in [5.41, 5.74) is 3.10. The van der Waals surface area contributed by atoms with Crippen molar-refractivity contribution in [3.8, 4) is 0 Å². The highest BCUT2D eigenvalue weighted by Gasteiger charge is 2.35. The lowest BCUT2D eigenvalue weighted by atomic mass is 9.80. The van der Waals surface area contributed by atoms with Gasteiger partial charge in [0.2, 0.25) is 0 Å². The van der Waals surface area contributed by atoms with Gasteiger partial charge in [-0.25, -0.2) is 4.79 Å². The number of nitrogens with one attached hydrogen (secondary N) is 1. The van der Waals surface area contributed by atoms with Crippen LogP contribution in [0.5, 0.6) is 0 Å². The van der Waals surface area contributed by atoms with E-state index in [0.29, 0.717) is 12.0 Å². The molecule has 3 aromatic rings. The van der Waals surface area contributed by atoms with Crippen LogP contribution in [0.15, 0.2) is 59.9 Å². The van der Waals surface area contributed by atoms with Gasteiger partial charge in [0.05, 0.1) is 11.8 Å². The minimum Gasteiger partial charge on any atom is -0.478 e. The lowest BCUT2D eigenvalue weighted by Gasteiger charge is -2.29. The molecule has 0 saturated heterocycles. The molecule has 132 valence electrons. The molecule has 1 aromatic heterocycles. The molecule has 2 aromatic carbocycles. The number of hydrogen-bond donors (Lipinski definition) is 2. The zero-order valence-corrected chi connectivity index (χ0v) is 14.9.